The minimum absolute atomic E-state index is 0.000625. The molecule has 0 bridgehead atoms. The number of hydrogen-bond donors (Lipinski definition) is 2. The van der Waals surface area contributed by atoms with E-state index in [2.05, 4.69) is 4.98 Å². The van der Waals surface area contributed by atoms with Gasteiger partial charge in [0, 0.05) is 12.1 Å². The molecule has 4 nitrogen and oxygen atoms in total. The van der Waals surface area contributed by atoms with E-state index in [4.69, 9.17) is 5.73 Å². The summed E-state index contributed by atoms with van der Waals surface area (Å²) in [6, 6.07) is 6.36. The number of nitrogens with one attached hydrogen (secondary N) is 1. The first-order chi connectivity index (χ1) is 7.66. The monoisotopic (exact) mass is 217 g/mol. The van der Waals surface area contributed by atoms with Crippen molar-refractivity contribution in [2.45, 2.75) is 31.8 Å². The Morgan fingerprint density at radius 3 is 2.88 bits per heavy atom. The molecule has 0 amide bonds. The van der Waals surface area contributed by atoms with Gasteiger partial charge in [-0.1, -0.05) is 6.07 Å². The molecule has 16 heavy (non-hydrogen) atoms. The lowest BCUT2D eigenvalue weighted by Crippen LogP contribution is -2.14. The number of H-pyrrole nitrogens is 1. The fourth-order valence-electron chi connectivity index (χ4n) is 2.13. The highest BCUT2D eigenvalue weighted by atomic mass is 16.1. The molecule has 1 aliphatic rings. The Kier molecular flexibility index (Phi) is 1.94. The third-order valence-electron chi connectivity index (χ3n) is 3.18. The zero-order valence-corrected chi connectivity index (χ0v) is 9.23. The number of aromatic nitrogens is 2. The van der Waals surface area contributed by atoms with Gasteiger partial charge >= 0.3 is 5.69 Å². The second-order valence-electron chi connectivity index (χ2n) is 4.60. The molecule has 1 saturated carbocycles. The summed E-state index contributed by atoms with van der Waals surface area (Å²) >= 11 is 0. The van der Waals surface area contributed by atoms with Crippen molar-refractivity contribution in [3.05, 3.63) is 34.2 Å². The quantitative estimate of drug-likeness (QED) is 0.804. The van der Waals surface area contributed by atoms with Crippen LogP contribution < -0.4 is 11.4 Å². The standard InChI is InChI=1S/C12H15N3O/c1-7(13)8-2-5-11-10(6-8)14-12(16)15(11)9-3-4-9/h2,5-7,9H,3-4,13H2,1H3,(H,14,16). The maximum atomic E-state index is 11.8. The lowest BCUT2D eigenvalue weighted by molar-refractivity contribution is 0.733. The number of hydrogen-bond acceptors (Lipinski definition) is 2. The molecule has 1 atom stereocenters. The van der Waals surface area contributed by atoms with Crippen LogP contribution >= 0.6 is 0 Å². The van der Waals surface area contributed by atoms with Crippen LogP contribution in [0.25, 0.3) is 11.0 Å². The minimum Gasteiger partial charge on any atom is -0.324 e. The zero-order valence-electron chi connectivity index (χ0n) is 9.23. The predicted octanol–water partition coefficient (Wildman–Crippen LogP) is 1.68. The first-order valence-electron chi connectivity index (χ1n) is 5.66. The van der Waals surface area contributed by atoms with Crippen molar-refractivity contribution in [2.24, 2.45) is 5.73 Å². The van der Waals surface area contributed by atoms with Gasteiger partial charge < -0.3 is 10.7 Å². The molecular formula is C12H15N3O. The molecule has 3 N–H and O–H groups in total. The Hall–Kier alpha value is -1.55. The lowest BCUT2D eigenvalue weighted by Gasteiger charge is -2.05. The van der Waals surface area contributed by atoms with Crippen LogP contribution in [0.2, 0.25) is 0 Å². The van der Waals surface area contributed by atoms with Crippen molar-refractivity contribution in [3.63, 3.8) is 0 Å². The Labute approximate surface area is 93.1 Å². The molecule has 2 aromatic rings. The van der Waals surface area contributed by atoms with Gasteiger partial charge in [0.1, 0.15) is 0 Å². The molecule has 1 fully saturated rings. The molecule has 1 heterocycles. The van der Waals surface area contributed by atoms with E-state index in [-0.39, 0.29) is 11.7 Å². The second kappa shape index (κ2) is 3.22. The van der Waals surface area contributed by atoms with Gasteiger partial charge in [-0.25, -0.2) is 4.79 Å². The molecule has 1 aliphatic carbocycles. The Balaban J connectivity index is 2.23. The summed E-state index contributed by atoms with van der Waals surface area (Å²) in [5.41, 5.74) is 8.77. The highest BCUT2D eigenvalue weighted by molar-refractivity contribution is 5.76. The van der Waals surface area contributed by atoms with Crippen molar-refractivity contribution in [2.75, 3.05) is 0 Å². The summed E-state index contributed by atoms with van der Waals surface area (Å²) in [7, 11) is 0. The third kappa shape index (κ3) is 1.38. The summed E-state index contributed by atoms with van der Waals surface area (Å²) in [4.78, 5) is 14.7. The average molecular weight is 217 g/mol. The first kappa shape index (κ1) is 9.66. The number of fused-ring (bicyclic) bond motifs is 1. The molecule has 3 rings (SSSR count). The Morgan fingerprint density at radius 1 is 1.50 bits per heavy atom. The van der Waals surface area contributed by atoms with Crippen molar-refractivity contribution >= 4 is 11.0 Å². The number of rotatable bonds is 2. The fourth-order valence-corrected chi connectivity index (χ4v) is 2.13. The average Bonchev–Trinajstić information content (AvgIpc) is 3.00. The molecule has 1 aromatic carbocycles. The van der Waals surface area contributed by atoms with Crippen molar-refractivity contribution in [3.8, 4) is 0 Å². The van der Waals surface area contributed by atoms with Crippen LogP contribution in [-0.4, -0.2) is 9.55 Å². The number of imidazole rings is 1. The molecular weight excluding hydrogens is 202 g/mol. The van der Waals surface area contributed by atoms with Gasteiger partial charge in [0.25, 0.3) is 0 Å². The molecule has 1 aromatic heterocycles. The van der Waals surface area contributed by atoms with Gasteiger partial charge in [-0.05, 0) is 37.5 Å². The Morgan fingerprint density at radius 2 is 2.25 bits per heavy atom. The van der Waals surface area contributed by atoms with Crippen LogP contribution in [0.3, 0.4) is 0 Å². The first-order valence-corrected chi connectivity index (χ1v) is 5.66. The van der Waals surface area contributed by atoms with E-state index >= 15 is 0 Å². The van der Waals surface area contributed by atoms with Gasteiger partial charge in [0.05, 0.1) is 11.0 Å². The number of aromatic amines is 1. The minimum atomic E-state index is -0.00261. The Bertz CT molecular complexity index is 590. The topological polar surface area (TPSA) is 63.8 Å². The van der Waals surface area contributed by atoms with E-state index in [1.54, 1.807) is 0 Å². The molecule has 4 heteroatoms. The molecule has 0 radical (unpaired) electrons. The van der Waals surface area contributed by atoms with E-state index in [1.165, 1.54) is 0 Å². The second-order valence-corrected chi connectivity index (χ2v) is 4.60. The van der Waals surface area contributed by atoms with Gasteiger partial charge in [-0.15, -0.1) is 0 Å². The smallest absolute Gasteiger partial charge is 0.324 e. The summed E-state index contributed by atoms with van der Waals surface area (Å²) in [5, 5.41) is 0. The maximum absolute atomic E-state index is 11.8. The normalized spacial score (nSPS) is 17.9. The van der Waals surface area contributed by atoms with Crippen LogP contribution in [0, 0.1) is 0 Å². The summed E-state index contributed by atoms with van der Waals surface area (Å²) < 4.78 is 1.86. The third-order valence-corrected chi connectivity index (χ3v) is 3.18. The summed E-state index contributed by atoms with van der Waals surface area (Å²) in [5.74, 6) is 0. The van der Waals surface area contributed by atoms with Gasteiger partial charge in [-0.2, -0.15) is 0 Å². The molecule has 84 valence electrons. The number of benzene rings is 1. The van der Waals surface area contributed by atoms with Crippen LogP contribution in [0.15, 0.2) is 23.0 Å². The number of nitrogens with zero attached hydrogens (tertiary/aromatic N) is 1. The van der Waals surface area contributed by atoms with Gasteiger partial charge in [0.2, 0.25) is 0 Å². The fraction of sp³-hybridized carbons (Fsp3) is 0.417. The lowest BCUT2D eigenvalue weighted by atomic mass is 10.1. The van der Waals surface area contributed by atoms with E-state index in [0.717, 1.165) is 29.4 Å². The van der Waals surface area contributed by atoms with Crippen LogP contribution in [0.1, 0.15) is 37.4 Å². The van der Waals surface area contributed by atoms with Crippen LogP contribution in [0.5, 0.6) is 0 Å². The highest BCUT2D eigenvalue weighted by Crippen LogP contribution is 2.35. The van der Waals surface area contributed by atoms with Crippen molar-refractivity contribution < 1.29 is 0 Å². The molecule has 0 aliphatic heterocycles. The molecule has 0 saturated heterocycles. The van der Waals surface area contributed by atoms with Gasteiger partial charge in [0.15, 0.2) is 0 Å². The highest BCUT2D eigenvalue weighted by Gasteiger charge is 2.27. The van der Waals surface area contributed by atoms with E-state index in [9.17, 15) is 4.79 Å². The zero-order chi connectivity index (χ0) is 11.3. The van der Waals surface area contributed by atoms with Crippen molar-refractivity contribution in [1.82, 2.24) is 9.55 Å². The molecule has 0 spiro atoms. The summed E-state index contributed by atoms with van der Waals surface area (Å²) in [6.45, 7) is 1.94. The largest absolute Gasteiger partial charge is 0.326 e. The van der Waals surface area contributed by atoms with E-state index in [1.807, 2.05) is 29.7 Å². The maximum Gasteiger partial charge on any atom is 0.326 e. The van der Waals surface area contributed by atoms with Crippen molar-refractivity contribution in [1.29, 1.82) is 0 Å². The molecule has 1 unspecified atom stereocenters. The SMILES string of the molecule is CC(N)c1ccc2c(c1)[nH]c(=O)n2C1CC1. The summed E-state index contributed by atoms with van der Waals surface area (Å²) in [6.07, 6.45) is 2.23. The predicted molar refractivity (Wildman–Crippen MR) is 63.4 cm³/mol. The number of nitrogens with two attached hydrogens (primary N) is 1. The van der Waals surface area contributed by atoms with Crippen LogP contribution in [0.4, 0.5) is 0 Å². The van der Waals surface area contributed by atoms with Crippen LogP contribution in [-0.2, 0) is 0 Å². The van der Waals surface area contributed by atoms with E-state index < -0.39 is 0 Å². The van der Waals surface area contributed by atoms with Gasteiger partial charge in [-0.3, -0.25) is 4.57 Å². The van der Waals surface area contributed by atoms with E-state index in [0.29, 0.717) is 6.04 Å².